The zero-order valence-electron chi connectivity index (χ0n) is 43.3. The van der Waals surface area contributed by atoms with Crippen LogP contribution >= 0.6 is 7.82 Å². The second kappa shape index (κ2) is 47.1. The summed E-state index contributed by atoms with van der Waals surface area (Å²) < 4.78 is 23.1. The first-order valence-corrected chi connectivity index (χ1v) is 29.2. The minimum atomic E-state index is -4.59. The lowest BCUT2D eigenvalue weighted by Crippen LogP contribution is -2.45. The summed E-state index contributed by atoms with van der Waals surface area (Å²) in [7, 11) is 1.25. The molecular formula is C55H109N2O6P. The first kappa shape index (κ1) is 63.0. The van der Waals surface area contributed by atoms with Crippen LogP contribution in [0.15, 0.2) is 24.3 Å². The fourth-order valence-electron chi connectivity index (χ4n) is 8.30. The summed E-state index contributed by atoms with van der Waals surface area (Å²) in [6, 6.07) is -0.897. The van der Waals surface area contributed by atoms with Crippen molar-refractivity contribution < 1.29 is 32.9 Å². The van der Waals surface area contributed by atoms with Gasteiger partial charge in [0, 0.05) is 6.42 Å². The van der Waals surface area contributed by atoms with Crippen LogP contribution in [0.1, 0.15) is 271 Å². The fourth-order valence-corrected chi connectivity index (χ4v) is 9.02. The van der Waals surface area contributed by atoms with Crippen molar-refractivity contribution in [3.8, 4) is 0 Å². The largest absolute Gasteiger partial charge is 0.756 e. The molecule has 0 aliphatic carbocycles. The number of nitrogens with one attached hydrogen (secondary N) is 1. The summed E-state index contributed by atoms with van der Waals surface area (Å²) in [5, 5.41) is 13.7. The van der Waals surface area contributed by atoms with Gasteiger partial charge in [0.2, 0.25) is 5.91 Å². The Balaban J connectivity index is 3.77. The number of carbonyl (C=O) groups excluding carboxylic acids is 1. The maximum absolute atomic E-state index is 12.8. The van der Waals surface area contributed by atoms with Gasteiger partial charge in [-0.25, -0.2) is 0 Å². The smallest absolute Gasteiger partial charge is 0.268 e. The highest BCUT2D eigenvalue weighted by Gasteiger charge is 2.23. The standard InChI is InChI=1S/C55H109N2O6P/c1-6-8-10-12-14-15-16-17-18-19-20-21-22-23-24-25-26-27-28-29-30-31-32-33-34-35-36-37-38-39-40-41-43-45-47-49-55(59)56-53(54(58)48-46-44-42-13-11-9-7-2)52-63-64(60,61)62-51-50-57(3,4)5/h11,13,46,48,53-54,58H,6-10,12,14-45,47,49-52H2,1-5H3,(H-,56,59,60,61)/b13-11+,48-46+. The Hall–Kier alpha value is -1.02. The molecule has 8 nitrogen and oxygen atoms in total. The number of quaternary nitrogens is 1. The number of hydrogen-bond acceptors (Lipinski definition) is 6. The molecule has 0 radical (unpaired) electrons. The number of phosphoric ester groups is 1. The summed E-state index contributed by atoms with van der Waals surface area (Å²) >= 11 is 0. The van der Waals surface area contributed by atoms with Crippen LogP contribution in [0.25, 0.3) is 0 Å². The molecule has 0 spiro atoms. The van der Waals surface area contributed by atoms with Crippen LogP contribution in [0.5, 0.6) is 0 Å². The number of aliphatic hydroxyl groups is 1. The first-order valence-electron chi connectivity index (χ1n) is 27.7. The lowest BCUT2D eigenvalue weighted by Gasteiger charge is -2.29. The maximum Gasteiger partial charge on any atom is 0.268 e. The molecule has 0 aliphatic heterocycles. The van der Waals surface area contributed by atoms with Crippen molar-refractivity contribution in [1.82, 2.24) is 5.32 Å². The summed E-state index contributed by atoms with van der Waals surface area (Å²) in [5.41, 5.74) is 0. The zero-order chi connectivity index (χ0) is 47.1. The van der Waals surface area contributed by atoms with Crippen LogP contribution < -0.4 is 10.2 Å². The third-order valence-corrected chi connectivity index (χ3v) is 13.6. The Kier molecular flexibility index (Phi) is 46.3. The molecule has 0 bridgehead atoms. The third-order valence-electron chi connectivity index (χ3n) is 12.6. The van der Waals surface area contributed by atoms with Crippen LogP contribution in [-0.4, -0.2) is 68.5 Å². The molecule has 0 rings (SSSR count). The Morgan fingerprint density at radius 2 is 0.875 bits per heavy atom. The van der Waals surface area contributed by atoms with Crippen molar-refractivity contribution in [3.05, 3.63) is 24.3 Å². The number of allylic oxidation sites excluding steroid dienone is 3. The fraction of sp³-hybridized carbons (Fsp3) is 0.909. The van der Waals surface area contributed by atoms with Crippen LogP contribution in [0, 0.1) is 0 Å². The number of nitrogens with zero attached hydrogens (tertiary/aromatic N) is 1. The van der Waals surface area contributed by atoms with E-state index >= 15 is 0 Å². The van der Waals surface area contributed by atoms with Gasteiger partial charge in [-0.2, -0.15) is 0 Å². The van der Waals surface area contributed by atoms with E-state index in [2.05, 4.69) is 31.3 Å². The molecule has 3 unspecified atom stereocenters. The zero-order valence-corrected chi connectivity index (χ0v) is 44.1. The van der Waals surface area contributed by atoms with Gasteiger partial charge >= 0.3 is 0 Å². The predicted octanol–water partition coefficient (Wildman–Crippen LogP) is 15.8. The Morgan fingerprint density at radius 3 is 1.23 bits per heavy atom. The van der Waals surface area contributed by atoms with E-state index < -0.39 is 26.6 Å². The molecule has 380 valence electrons. The highest BCUT2D eigenvalue weighted by molar-refractivity contribution is 7.45. The molecule has 2 N–H and O–H groups in total. The van der Waals surface area contributed by atoms with Crippen molar-refractivity contribution in [2.45, 2.75) is 283 Å². The molecule has 3 atom stereocenters. The average molecular weight is 925 g/mol. The number of carbonyl (C=O) groups is 1. The average Bonchev–Trinajstić information content (AvgIpc) is 3.25. The van der Waals surface area contributed by atoms with Gasteiger partial charge in [0.25, 0.3) is 7.82 Å². The predicted molar refractivity (Wildman–Crippen MR) is 275 cm³/mol. The maximum atomic E-state index is 12.8. The topological polar surface area (TPSA) is 108 Å². The second-order valence-corrected chi connectivity index (χ2v) is 21.7. The van der Waals surface area contributed by atoms with Crippen LogP contribution in [0.2, 0.25) is 0 Å². The lowest BCUT2D eigenvalue weighted by atomic mass is 10.0. The number of rotatable bonds is 51. The van der Waals surface area contributed by atoms with Gasteiger partial charge in [-0.3, -0.25) is 9.36 Å². The van der Waals surface area contributed by atoms with E-state index in [-0.39, 0.29) is 12.5 Å². The summed E-state index contributed by atoms with van der Waals surface area (Å²) in [4.78, 5) is 25.2. The first-order chi connectivity index (χ1) is 31.0. The van der Waals surface area contributed by atoms with Crippen molar-refractivity contribution >= 4 is 13.7 Å². The molecule has 0 aliphatic rings. The van der Waals surface area contributed by atoms with Gasteiger partial charge in [0.1, 0.15) is 13.2 Å². The van der Waals surface area contributed by atoms with E-state index in [1.165, 1.54) is 205 Å². The summed E-state index contributed by atoms with van der Waals surface area (Å²) in [6.45, 7) is 4.54. The van der Waals surface area contributed by atoms with Crippen LogP contribution in [0.4, 0.5) is 0 Å². The van der Waals surface area contributed by atoms with Crippen molar-refractivity contribution in [2.24, 2.45) is 0 Å². The highest BCUT2D eigenvalue weighted by Crippen LogP contribution is 2.38. The van der Waals surface area contributed by atoms with Gasteiger partial charge in [0.15, 0.2) is 0 Å². The number of unbranched alkanes of at least 4 members (excludes halogenated alkanes) is 36. The third kappa shape index (κ3) is 48.9. The molecular weight excluding hydrogens is 816 g/mol. The normalized spacial score (nSPS) is 14.2. The second-order valence-electron chi connectivity index (χ2n) is 20.3. The highest BCUT2D eigenvalue weighted by atomic mass is 31.2. The van der Waals surface area contributed by atoms with Gasteiger partial charge in [-0.05, 0) is 25.7 Å². The monoisotopic (exact) mass is 925 g/mol. The SMILES string of the molecule is CCC/C=C/CC/C=C/C(O)C(COP(=O)([O-])OCC[N+](C)(C)C)NC(=O)CCCCCCCCCCCCCCCCCCCCCCCCCCCCCCCCCCCCC. The van der Waals surface area contributed by atoms with E-state index in [1.807, 2.05) is 27.2 Å². The minimum absolute atomic E-state index is 0.00490. The van der Waals surface area contributed by atoms with E-state index in [9.17, 15) is 19.4 Å². The van der Waals surface area contributed by atoms with Crippen molar-refractivity contribution in [3.63, 3.8) is 0 Å². The molecule has 64 heavy (non-hydrogen) atoms. The molecule has 0 aromatic heterocycles. The summed E-state index contributed by atoms with van der Waals surface area (Å²) in [6.07, 6.45) is 59.0. The van der Waals surface area contributed by atoms with E-state index in [4.69, 9.17) is 9.05 Å². The number of amides is 1. The van der Waals surface area contributed by atoms with Gasteiger partial charge in [-0.1, -0.05) is 263 Å². The number of likely N-dealkylation sites (N-methyl/N-ethyl adjacent to an activating group) is 1. The van der Waals surface area contributed by atoms with Crippen LogP contribution in [0.3, 0.4) is 0 Å². The number of hydrogen-bond donors (Lipinski definition) is 2. The Morgan fingerprint density at radius 1 is 0.531 bits per heavy atom. The van der Waals surface area contributed by atoms with Crippen molar-refractivity contribution in [1.29, 1.82) is 0 Å². The molecule has 0 fully saturated rings. The minimum Gasteiger partial charge on any atom is -0.756 e. The molecule has 9 heteroatoms. The van der Waals surface area contributed by atoms with Gasteiger partial charge < -0.3 is 28.8 Å². The molecule has 0 aromatic carbocycles. The molecule has 0 saturated heterocycles. The van der Waals surface area contributed by atoms with Crippen LogP contribution in [-0.2, 0) is 18.4 Å². The number of phosphoric acid groups is 1. The Bertz CT molecular complexity index is 1090. The Labute approximate surface area is 398 Å². The van der Waals surface area contributed by atoms with Crippen molar-refractivity contribution in [2.75, 3.05) is 40.9 Å². The van der Waals surface area contributed by atoms with E-state index in [0.29, 0.717) is 17.4 Å². The number of aliphatic hydroxyl groups excluding tert-OH is 1. The van der Waals surface area contributed by atoms with E-state index in [0.717, 1.165) is 44.9 Å². The lowest BCUT2D eigenvalue weighted by molar-refractivity contribution is -0.870. The molecule has 0 heterocycles. The van der Waals surface area contributed by atoms with Gasteiger partial charge in [0.05, 0.1) is 39.9 Å². The molecule has 0 aromatic rings. The summed E-state index contributed by atoms with van der Waals surface area (Å²) in [5.74, 6) is -0.207. The molecule has 1 amide bonds. The van der Waals surface area contributed by atoms with Gasteiger partial charge in [-0.15, -0.1) is 0 Å². The molecule has 0 saturated carbocycles. The van der Waals surface area contributed by atoms with E-state index in [1.54, 1.807) is 6.08 Å². The quantitative estimate of drug-likeness (QED) is 0.0272.